The first kappa shape index (κ1) is 24.5. The molecule has 184 valence electrons. The van der Waals surface area contributed by atoms with E-state index >= 15 is 0 Å². The van der Waals surface area contributed by atoms with Crippen molar-refractivity contribution < 1.29 is 23.2 Å². The Morgan fingerprint density at radius 3 is 2.56 bits per heavy atom. The smallest absolute Gasteiger partial charge is 0.259 e. The van der Waals surface area contributed by atoms with Crippen molar-refractivity contribution in [3.8, 4) is 17.2 Å². The van der Waals surface area contributed by atoms with Crippen LogP contribution in [0.2, 0.25) is 0 Å². The molecule has 0 unspecified atom stereocenters. The second kappa shape index (κ2) is 10.8. The fourth-order valence-electron chi connectivity index (χ4n) is 3.68. The molecule has 2 N–H and O–H groups in total. The number of anilines is 1. The monoisotopic (exact) mass is 485 g/mol. The zero-order valence-electron chi connectivity index (χ0n) is 20.4. The fraction of sp³-hybridized carbons (Fsp3) is 0.179. The number of nitrogens with zero attached hydrogens (tertiary/aromatic N) is 1. The quantitative estimate of drug-likeness (QED) is 0.299. The molecule has 8 nitrogen and oxygen atoms in total. The summed E-state index contributed by atoms with van der Waals surface area (Å²) in [5.41, 5.74) is 2.69. The van der Waals surface area contributed by atoms with E-state index < -0.39 is 0 Å². The summed E-state index contributed by atoms with van der Waals surface area (Å²) < 4.78 is 16.9. The molecule has 8 heteroatoms. The van der Waals surface area contributed by atoms with Gasteiger partial charge in [0.1, 0.15) is 35.3 Å². The lowest BCUT2D eigenvalue weighted by molar-refractivity contribution is 0.0949. The topological polar surface area (TPSA) is 107 Å². The van der Waals surface area contributed by atoms with E-state index in [9.17, 15) is 9.59 Å². The molecular formula is C28H27N3O5. The van der Waals surface area contributed by atoms with Gasteiger partial charge in [0.2, 0.25) is 5.89 Å². The Morgan fingerprint density at radius 1 is 1.00 bits per heavy atom. The van der Waals surface area contributed by atoms with Crippen LogP contribution in [-0.4, -0.2) is 23.4 Å². The largest absolute Gasteiger partial charge is 0.490 e. The van der Waals surface area contributed by atoms with Crippen LogP contribution in [0, 0.1) is 20.8 Å². The van der Waals surface area contributed by atoms with E-state index in [1.54, 1.807) is 63.2 Å². The highest BCUT2D eigenvalue weighted by Crippen LogP contribution is 2.29. The first-order valence-electron chi connectivity index (χ1n) is 11.4. The minimum absolute atomic E-state index is 0.175. The maximum absolute atomic E-state index is 12.8. The number of hydrogen-bond acceptors (Lipinski definition) is 6. The maximum atomic E-state index is 12.8. The van der Waals surface area contributed by atoms with Gasteiger partial charge in [0.25, 0.3) is 11.8 Å². The Balaban J connectivity index is 1.48. The molecule has 0 aliphatic heterocycles. The lowest BCUT2D eigenvalue weighted by Crippen LogP contribution is -2.23. The van der Waals surface area contributed by atoms with Crippen molar-refractivity contribution in [2.45, 2.75) is 27.3 Å². The number of amides is 2. The van der Waals surface area contributed by atoms with Gasteiger partial charge in [0.15, 0.2) is 0 Å². The van der Waals surface area contributed by atoms with Gasteiger partial charge in [-0.15, -0.1) is 0 Å². The highest BCUT2D eigenvalue weighted by atomic mass is 16.5. The van der Waals surface area contributed by atoms with Crippen molar-refractivity contribution in [1.29, 1.82) is 0 Å². The highest BCUT2D eigenvalue weighted by Gasteiger charge is 2.19. The molecule has 0 fully saturated rings. The fourth-order valence-corrected chi connectivity index (χ4v) is 3.68. The number of benzene rings is 2. The van der Waals surface area contributed by atoms with Crippen molar-refractivity contribution in [3.05, 3.63) is 101 Å². The van der Waals surface area contributed by atoms with E-state index in [1.807, 2.05) is 18.2 Å². The number of aryl methyl sites for hydroxylation is 3. The molecule has 0 atom stereocenters. The van der Waals surface area contributed by atoms with Crippen LogP contribution in [0.4, 0.5) is 5.69 Å². The van der Waals surface area contributed by atoms with Gasteiger partial charge in [-0.1, -0.05) is 30.9 Å². The number of para-hydroxylation sites is 1. The number of rotatable bonds is 9. The van der Waals surface area contributed by atoms with Crippen molar-refractivity contribution in [1.82, 2.24) is 10.3 Å². The Labute approximate surface area is 209 Å². The molecule has 0 saturated carbocycles. The molecule has 0 radical (unpaired) electrons. The molecule has 36 heavy (non-hydrogen) atoms. The molecule has 2 heterocycles. The normalized spacial score (nSPS) is 10.6. The third-order valence-electron chi connectivity index (χ3n) is 5.46. The minimum atomic E-state index is -0.285. The summed E-state index contributed by atoms with van der Waals surface area (Å²) in [5.74, 6) is 2.15. The number of nitrogens with one attached hydrogen (secondary N) is 2. The zero-order valence-corrected chi connectivity index (χ0v) is 20.4. The number of carbonyl (C=O) groups excluding carboxylic acids is 2. The standard InChI is InChI=1S/C28H27N3O5/c1-5-13-34-21-10-8-9-20(15-21)26(32)29-16-25-19(4)36-28(31-25)22-11-6-7-12-24(22)30-27(33)23-14-17(2)35-18(23)3/h5-12,14-15H,1,13,16H2,2-4H3,(H,29,32)(H,30,33). The van der Waals surface area contributed by atoms with Gasteiger partial charge < -0.3 is 24.2 Å². The van der Waals surface area contributed by atoms with Crippen LogP contribution < -0.4 is 15.4 Å². The van der Waals surface area contributed by atoms with Crippen LogP contribution in [-0.2, 0) is 6.54 Å². The average molecular weight is 486 g/mol. The summed E-state index contributed by atoms with van der Waals surface area (Å²) in [6.45, 7) is 9.47. The van der Waals surface area contributed by atoms with E-state index in [2.05, 4.69) is 22.2 Å². The van der Waals surface area contributed by atoms with Crippen molar-refractivity contribution in [3.63, 3.8) is 0 Å². The lowest BCUT2D eigenvalue weighted by Gasteiger charge is -2.08. The van der Waals surface area contributed by atoms with Crippen molar-refractivity contribution >= 4 is 17.5 Å². The number of ether oxygens (including phenoxy) is 1. The Bertz CT molecular complexity index is 1420. The summed E-state index contributed by atoms with van der Waals surface area (Å²) >= 11 is 0. The van der Waals surface area contributed by atoms with Crippen LogP contribution in [0.3, 0.4) is 0 Å². The summed E-state index contributed by atoms with van der Waals surface area (Å²) in [4.78, 5) is 30.1. The van der Waals surface area contributed by atoms with E-state index in [0.717, 1.165) is 0 Å². The van der Waals surface area contributed by atoms with E-state index in [4.69, 9.17) is 13.6 Å². The summed E-state index contributed by atoms with van der Waals surface area (Å²) in [5, 5.41) is 5.78. The molecule has 0 aliphatic rings. The first-order valence-corrected chi connectivity index (χ1v) is 11.4. The van der Waals surface area contributed by atoms with Crippen LogP contribution in [0.1, 0.15) is 43.7 Å². The van der Waals surface area contributed by atoms with Gasteiger partial charge in [-0.05, 0) is 57.2 Å². The van der Waals surface area contributed by atoms with Crippen molar-refractivity contribution in [2.75, 3.05) is 11.9 Å². The second-order valence-electron chi connectivity index (χ2n) is 8.16. The highest BCUT2D eigenvalue weighted by molar-refractivity contribution is 6.06. The Hall–Kier alpha value is -4.59. The number of hydrogen-bond donors (Lipinski definition) is 2. The summed E-state index contributed by atoms with van der Waals surface area (Å²) in [6.07, 6.45) is 1.64. The van der Waals surface area contributed by atoms with E-state index in [-0.39, 0.29) is 18.4 Å². The van der Waals surface area contributed by atoms with Gasteiger partial charge in [0.05, 0.1) is 23.4 Å². The molecule has 0 saturated heterocycles. The molecule has 0 bridgehead atoms. The molecule has 2 aromatic heterocycles. The summed E-state index contributed by atoms with van der Waals surface area (Å²) in [7, 11) is 0. The van der Waals surface area contributed by atoms with Crippen LogP contribution in [0.25, 0.3) is 11.5 Å². The number of furan rings is 1. The molecule has 0 aliphatic carbocycles. The van der Waals surface area contributed by atoms with Gasteiger partial charge in [-0.2, -0.15) is 0 Å². The van der Waals surface area contributed by atoms with E-state index in [0.29, 0.717) is 63.6 Å². The molecular weight excluding hydrogens is 458 g/mol. The number of carbonyl (C=O) groups is 2. The molecule has 2 aromatic carbocycles. The van der Waals surface area contributed by atoms with Crippen molar-refractivity contribution in [2.24, 2.45) is 0 Å². The summed E-state index contributed by atoms with van der Waals surface area (Å²) in [6, 6.07) is 15.8. The third kappa shape index (κ3) is 5.55. The Kier molecular flexibility index (Phi) is 7.34. The second-order valence-corrected chi connectivity index (χ2v) is 8.16. The maximum Gasteiger partial charge on any atom is 0.259 e. The number of aromatic nitrogens is 1. The van der Waals surface area contributed by atoms with Gasteiger partial charge in [0, 0.05) is 5.56 Å². The molecule has 4 rings (SSSR count). The molecule has 0 spiro atoms. The van der Waals surface area contributed by atoms with Gasteiger partial charge in [-0.25, -0.2) is 4.98 Å². The predicted octanol–water partition coefficient (Wildman–Crippen LogP) is 5.61. The van der Waals surface area contributed by atoms with Crippen LogP contribution in [0.15, 0.2) is 76.1 Å². The van der Waals surface area contributed by atoms with Crippen LogP contribution >= 0.6 is 0 Å². The average Bonchev–Trinajstić information content (AvgIpc) is 3.42. The number of oxazole rings is 1. The van der Waals surface area contributed by atoms with E-state index in [1.165, 1.54) is 0 Å². The zero-order chi connectivity index (χ0) is 25.7. The third-order valence-corrected chi connectivity index (χ3v) is 5.46. The van der Waals surface area contributed by atoms with Crippen LogP contribution in [0.5, 0.6) is 5.75 Å². The first-order chi connectivity index (χ1) is 17.4. The molecule has 4 aromatic rings. The lowest BCUT2D eigenvalue weighted by atomic mass is 10.1. The SMILES string of the molecule is C=CCOc1cccc(C(=O)NCc2nc(-c3ccccc3NC(=O)c3cc(C)oc3C)oc2C)c1. The molecule has 2 amide bonds. The van der Waals surface area contributed by atoms with Gasteiger partial charge in [-0.3, -0.25) is 9.59 Å². The van der Waals surface area contributed by atoms with Gasteiger partial charge >= 0.3 is 0 Å². The minimum Gasteiger partial charge on any atom is -0.490 e. The predicted molar refractivity (Wildman–Crippen MR) is 136 cm³/mol. The Morgan fingerprint density at radius 2 is 1.81 bits per heavy atom.